The molecule has 0 bridgehead atoms. The SMILES string of the molecule is O=C(NC1CCN(c2cc(-c3ccc(F)cc3)[nH]n2)CC1)c1ccc2cc[nH]c2c1. The monoisotopic (exact) mass is 403 g/mol. The van der Waals surface area contributed by atoms with Crippen LogP contribution in [0.4, 0.5) is 10.2 Å². The lowest BCUT2D eigenvalue weighted by Gasteiger charge is -2.32. The summed E-state index contributed by atoms with van der Waals surface area (Å²) in [4.78, 5) is 18.0. The van der Waals surface area contributed by atoms with E-state index in [1.54, 1.807) is 12.1 Å². The number of hydrogen-bond donors (Lipinski definition) is 3. The minimum absolute atomic E-state index is 0.0386. The van der Waals surface area contributed by atoms with Gasteiger partial charge in [-0.2, -0.15) is 5.10 Å². The van der Waals surface area contributed by atoms with E-state index < -0.39 is 0 Å². The molecule has 1 aliphatic heterocycles. The molecule has 6 nitrogen and oxygen atoms in total. The first kappa shape index (κ1) is 18.4. The summed E-state index contributed by atoms with van der Waals surface area (Å²) in [6, 6.07) is 16.2. The molecule has 3 N–H and O–H groups in total. The van der Waals surface area contributed by atoms with Crippen molar-refractivity contribution >= 4 is 22.6 Å². The number of piperidine rings is 1. The average Bonchev–Trinajstić information content (AvgIpc) is 3.44. The summed E-state index contributed by atoms with van der Waals surface area (Å²) in [7, 11) is 0. The molecule has 0 spiro atoms. The lowest BCUT2D eigenvalue weighted by molar-refractivity contribution is 0.0931. The molecule has 0 saturated carbocycles. The van der Waals surface area contributed by atoms with Crippen LogP contribution in [0.15, 0.2) is 60.8 Å². The minimum atomic E-state index is -0.254. The molecule has 1 amide bonds. The highest BCUT2D eigenvalue weighted by atomic mass is 19.1. The predicted octanol–water partition coefficient (Wildman–Crippen LogP) is 4.10. The van der Waals surface area contributed by atoms with E-state index in [4.69, 9.17) is 0 Å². The standard InChI is InChI=1S/C23H22FN5O/c24-18-5-3-15(4-6-18)21-14-22(28-27-21)29-11-8-19(9-12-29)26-23(30)17-2-1-16-7-10-25-20(16)13-17/h1-7,10,13-14,19,25H,8-9,11-12H2,(H,26,30)(H,27,28). The number of anilines is 1. The van der Waals surface area contributed by atoms with Gasteiger partial charge < -0.3 is 15.2 Å². The first-order chi connectivity index (χ1) is 14.7. The first-order valence-corrected chi connectivity index (χ1v) is 10.1. The van der Waals surface area contributed by atoms with Crippen LogP contribution >= 0.6 is 0 Å². The number of H-pyrrole nitrogens is 2. The summed E-state index contributed by atoms with van der Waals surface area (Å²) >= 11 is 0. The Morgan fingerprint density at radius 3 is 2.67 bits per heavy atom. The predicted molar refractivity (Wildman–Crippen MR) is 115 cm³/mol. The van der Waals surface area contributed by atoms with E-state index in [-0.39, 0.29) is 17.8 Å². The molecule has 2 aromatic heterocycles. The number of hydrogen-bond acceptors (Lipinski definition) is 3. The van der Waals surface area contributed by atoms with Crippen molar-refractivity contribution in [3.63, 3.8) is 0 Å². The van der Waals surface area contributed by atoms with E-state index in [2.05, 4.69) is 25.4 Å². The van der Waals surface area contributed by atoms with Gasteiger partial charge in [-0.1, -0.05) is 6.07 Å². The number of halogens is 1. The number of nitrogens with one attached hydrogen (secondary N) is 3. The molecule has 152 valence electrons. The summed E-state index contributed by atoms with van der Waals surface area (Å²) in [5.74, 6) is 0.579. The second-order valence-electron chi connectivity index (χ2n) is 7.66. The van der Waals surface area contributed by atoms with E-state index in [0.717, 1.165) is 53.9 Å². The molecule has 3 heterocycles. The summed E-state index contributed by atoms with van der Waals surface area (Å²) in [6.07, 6.45) is 3.59. The van der Waals surface area contributed by atoms with Crippen LogP contribution in [-0.4, -0.2) is 40.2 Å². The molecule has 0 unspecified atom stereocenters. The van der Waals surface area contributed by atoms with Crippen molar-refractivity contribution in [1.29, 1.82) is 0 Å². The number of nitrogens with zero attached hydrogens (tertiary/aromatic N) is 2. The highest BCUT2D eigenvalue weighted by Crippen LogP contribution is 2.24. The Morgan fingerprint density at radius 1 is 1.07 bits per heavy atom. The van der Waals surface area contributed by atoms with Crippen LogP contribution in [0.1, 0.15) is 23.2 Å². The lowest BCUT2D eigenvalue weighted by atomic mass is 10.0. The third kappa shape index (κ3) is 3.66. The lowest BCUT2D eigenvalue weighted by Crippen LogP contribution is -2.44. The summed E-state index contributed by atoms with van der Waals surface area (Å²) in [6.45, 7) is 1.63. The second-order valence-corrected chi connectivity index (χ2v) is 7.66. The van der Waals surface area contributed by atoms with Crippen molar-refractivity contribution in [3.8, 4) is 11.3 Å². The number of rotatable bonds is 4. The summed E-state index contributed by atoms with van der Waals surface area (Å²) in [5.41, 5.74) is 3.40. The number of aromatic amines is 2. The summed E-state index contributed by atoms with van der Waals surface area (Å²) in [5, 5.41) is 11.7. The molecule has 0 radical (unpaired) electrons. The van der Waals surface area contributed by atoms with Gasteiger partial charge in [-0.05, 0) is 66.3 Å². The molecule has 0 atom stereocenters. The maximum absolute atomic E-state index is 13.1. The van der Waals surface area contributed by atoms with Crippen molar-refractivity contribution in [2.24, 2.45) is 0 Å². The summed E-state index contributed by atoms with van der Waals surface area (Å²) < 4.78 is 13.1. The fraction of sp³-hybridized carbons (Fsp3) is 0.217. The van der Waals surface area contributed by atoms with Crippen LogP contribution in [0.2, 0.25) is 0 Å². The van der Waals surface area contributed by atoms with Gasteiger partial charge in [-0.15, -0.1) is 0 Å². The van der Waals surface area contributed by atoms with Gasteiger partial charge in [0.1, 0.15) is 5.82 Å². The van der Waals surface area contributed by atoms with Crippen LogP contribution in [0, 0.1) is 5.82 Å². The highest BCUT2D eigenvalue weighted by Gasteiger charge is 2.23. The van der Waals surface area contributed by atoms with E-state index >= 15 is 0 Å². The number of fused-ring (bicyclic) bond motifs is 1. The Balaban J connectivity index is 1.19. The number of amides is 1. The molecule has 1 aliphatic rings. The highest BCUT2D eigenvalue weighted by molar-refractivity contribution is 5.98. The smallest absolute Gasteiger partial charge is 0.251 e. The zero-order valence-electron chi connectivity index (χ0n) is 16.4. The molecule has 0 aliphatic carbocycles. The van der Waals surface area contributed by atoms with Gasteiger partial charge in [0.15, 0.2) is 5.82 Å². The third-order valence-electron chi connectivity index (χ3n) is 5.69. The van der Waals surface area contributed by atoms with E-state index in [0.29, 0.717) is 5.56 Å². The molecular weight excluding hydrogens is 381 g/mol. The Hall–Kier alpha value is -3.61. The molecule has 30 heavy (non-hydrogen) atoms. The van der Waals surface area contributed by atoms with Gasteiger partial charge in [-0.3, -0.25) is 9.89 Å². The van der Waals surface area contributed by atoms with Crippen molar-refractivity contribution in [1.82, 2.24) is 20.5 Å². The van der Waals surface area contributed by atoms with Gasteiger partial charge in [-0.25, -0.2) is 4.39 Å². The Bertz CT molecular complexity index is 1170. The molecular formula is C23H22FN5O. The van der Waals surface area contributed by atoms with Gasteiger partial charge in [0, 0.05) is 42.5 Å². The van der Waals surface area contributed by atoms with Gasteiger partial charge in [0.25, 0.3) is 5.91 Å². The maximum atomic E-state index is 13.1. The van der Waals surface area contributed by atoms with Gasteiger partial charge in [0.05, 0.1) is 5.69 Å². The van der Waals surface area contributed by atoms with E-state index in [1.165, 1.54) is 12.1 Å². The van der Waals surface area contributed by atoms with Crippen molar-refractivity contribution in [2.45, 2.75) is 18.9 Å². The van der Waals surface area contributed by atoms with Crippen LogP contribution in [-0.2, 0) is 0 Å². The van der Waals surface area contributed by atoms with E-state index in [1.807, 2.05) is 36.5 Å². The van der Waals surface area contributed by atoms with Crippen LogP contribution in [0.25, 0.3) is 22.2 Å². The largest absolute Gasteiger partial charge is 0.361 e. The normalized spacial score (nSPS) is 14.9. The van der Waals surface area contributed by atoms with Gasteiger partial charge >= 0.3 is 0 Å². The third-order valence-corrected chi connectivity index (χ3v) is 5.69. The average molecular weight is 403 g/mol. The number of benzene rings is 2. The molecule has 1 fully saturated rings. The van der Waals surface area contributed by atoms with Gasteiger partial charge in [0.2, 0.25) is 0 Å². The second kappa shape index (κ2) is 7.67. The Morgan fingerprint density at radius 2 is 1.87 bits per heavy atom. The molecule has 2 aromatic carbocycles. The van der Waals surface area contributed by atoms with Crippen LogP contribution in [0.3, 0.4) is 0 Å². The first-order valence-electron chi connectivity index (χ1n) is 10.1. The topological polar surface area (TPSA) is 76.8 Å². The number of carbonyl (C=O) groups is 1. The zero-order valence-corrected chi connectivity index (χ0v) is 16.4. The zero-order chi connectivity index (χ0) is 20.5. The number of aromatic nitrogens is 3. The Labute approximate surface area is 173 Å². The van der Waals surface area contributed by atoms with Crippen molar-refractivity contribution in [3.05, 3.63) is 72.2 Å². The van der Waals surface area contributed by atoms with Crippen molar-refractivity contribution in [2.75, 3.05) is 18.0 Å². The van der Waals surface area contributed by atoms with Crippen molar-refractivity contribution < 1.29 is 9.18 Å². The Kier molecular flexibility index (Phi) is 4.71. The molecule has 5 rings (SSSR count). The fourth-order valence-electron chi connectivity index (χ4n) is 3.96. The molecule has 7 heteroatoms. The molecule has 1 saturated heterocycles. The quantitative estimate of drug-likeness (QED) is 0.480. The number of carbonyl (C=O) groups excluding carboxylic acids is 1. The maximum Gasteiger partial charge on any atom is 0.251 e. The van der Waals surface area contributed by atoms with E-state index in [9.17, 15) is 9.18 Å². The minimum Gasteiger partial charge on any atom is -0.361 e. The fourth-order valence-corrected chi connectivity index (χ4v) is 3.96. The molecule has 4 aromatic rings. The van der Waals surface area contributed by atoms with Crippen LogP contribution < -0.4 is 10.2 Å². The van der Waals surface area contributed by atoms with Crippen LogP contribution in [0.5, 0.6) is 0 Å².